The number of nitrogens with two attached hydrogens (primary N) is 1. The SMILES string of the molecule is COc1cccc(SCCc2ccccc2N)c1. The summed E-state index contributed by atoms with van der Waals surface area (Å²) in [7, 11) is 1.69. The molecule has 0 aromatic heterocycles. The van der Waals surface area contributed by atoms with Gasteiger partial charge in [-0.3, -0.25) is 0 Å². The van der Waals surface area contributed by atoms with E-state index < -0.39 is 0 Å². The lowest BCUT2D eigenvalue weighted by Crippen LogP contribution is -1.95. The smallest absolute Gasteiger partial charge is 0.119 e. The molecule has 0 spiro atoms. The molecule has 94 valence electrons. The highest BCUT2D eigenvalue weighted by molar-refractivity contribution is 7.99. The van der Waals surface area contributed by atoms with Gasteiger partial charge in [0, 0.05) is 16.3 Å². The predicted molar refractivity (Wildman–Crippen MR) is 78.3 cm³/mol. The molecule has 3 heteroatoms. The van der Waals surface area contributed by atoms with E-state index in [9.17, 15) is 0 Å². The molecule has 0 heterocycles. The van der Waals surface area contributed by atoms with Crippen LogP contribution in [0.1, 0.15) is 5.56 Å². The molecule has 0 unspecified atom stereocenters. The average Bonchev–Trinajstić information content (AvgIpc) is 2.41. The summed E-state index contributed by atoms with van der Waals surface area (Å²) in [5.41, 5.74) is 8.01. The highest BCUT2D eigenvalue weighted by Gasteiger charge is 2.00. The number of para-hydroxylation sites is 1. The second-order valence-electron chi connectivity index (χ2n) is 3.98. The van der Waals surface area contributed by atoms with Gasteiger partial charge >= 0.3 is 0 Å². The Morgan fingerprint density at radius 1 is 1.11 bits per heavy atom. The summed E-state index contributed by atoms with van der Waals surface area (Å²) in [5, 5.41) is 0. The Kier molecular flexibility index (Phi) is 4.53. The molecular weight excluding hydrogens is 242 g/mol. The Hall–Kier alpha value is -1.61. The normalized spacial score (nSPS) is 10.3. The molecule has 0 radical (unpaired) electrons. The number of benzene rings is 2. The molecule has 0 aliphatic rings. The van der Waals surface area contributed by atoms with Gasteiger partial charge in [0.2, 0.25) is 0 Å². The lowest BCUT2D eigenvalue weighted by Gasteiger charge is -2.06. The van der Waals surface area contributed by atoms with Crippen molar-refractivity contribution in [3.63, 3.8) is 0 Å². The largest absolute Gasteiger partial charge is 0.497 e. The van der Waals surface area contributed by atoms with Gasteiger partial charge in [0.15, 0.2) is 0 Å². The molecule has 0 aliphatic heterocycles. The van der Waals surface area contributed by atoms with Crippen molar-refractivity contribution in [2.24, 2.45) is 0 Å². The quantitative estimate of drug-likeness (QED) is 0.658. The molecule has 2 nitrogen and oxygen atoms in total. The summed E-state index contributed by atoms with van der Waals surface area (Å²) in [5.74, 6) is 1.92. The Labute approximate surface area is 112 Å². The van der Waals surface area contributed by atoms with Crippen molar-refractivity contribution in [1.29, 1.82) is 0 Å². The zero-order valence-electron chi connectivity index (χ0n) is 10.4. The van der Waals surface area contributed by atoms with Gasteiger partial charge in [0.05, 0.1) is 7.11 Å². The molecule has 0 bridgehead atoms. The summed E-state index contributed by atoms with van der Waals surface area (Å²) in [6, 6.07) is 16.2. The summed E-state index contributed by atoms with van der Waals surface area (Å²) in [4.78, 5) is 1.23. The molecule has 2 rings (SSSR count). The van der Waals surface area contributed by atoms with Gasteiger partial charge in [0.1, 0.15) is 5.75 Å². The Balaban J connectivity index is 1.90. The van der Waals surface area contributed by atoms with Crippen LogP contribution in [0.4, 0.5) is 5.69 Å². The van der Waals surface area contributed by atoms with E-state index in [0.29, 0.717) is 0 Å². The number of anilines is 1. The number of hydrogen-bond donors (Lipinski definition) is 1. The van der Waals surface area contributed by atoms with Crippen molar-refractivity contribution in [3.05, 3.63) is 54.1 Å². The van der Waals surface area contributed by atoms with Crippen LogP contribution in [0.3, 0.4) is 0 Å². The molecule has 0 atom stereocenters. The molecule has 2 aromatic carbocycles. The first-order valence-corrected chi connectivity index (χ1v) is 6.88. The number of nitrogen functional groups attached to an aromatic ring is 1. The number of thioether (sulfide) groups is 1. The van der Waals surface area contributed by atoms with Crippen molar-refractivity contribution < 1.29 is 4.74 Å². The number of hydrogen-bond acceptors (Lipinski definition) is 3. The van der Waals surface area contributed by atoms with Crippen LogP contribution in [0.15, 0.2) is 53.4 Å². The maximum Gasteiger partial charge on any atom is 0.119 e. The van der Waals surface area contributed by atoms with Gasteiger partial charge in [-0.05, 0) is 36.2 Å². The second-order valence-corrected chi connectivity index (χ2v) is 5.14. The molecule has 0 fully saturated rings. The topological polar surface area (TPSA) is 35.2 Å². The summed E-state index contributed by atoms with van der Waals surface area (Å²) in [6.45, 7) is 0. The van der Waals surface area contributed by atoms with Crippen LogP contribution in [0.2, 0.25) is 0 Å². The van der Waals surface area contributed by atoms with Crippen LogP contribution < -0.4 is 10.5 Å². The van der Waals surface area contributed by atoms with Crippen molar-refractivity contribution >= 4 is 17.4 Å². The van der Waals surface area contributed by atoms with Crippen molar-refractivity contribution in [1.82, 2.24) is 0 Å². The van der Waals surface area contributed by atoms with Crippen LogP contribution in [0.5, 0.6) is 5.75 Å². The zero-order chi connectivity index (χ0) is 12.8. The van der Waals surface area contributed by atoms with Gasteiger partial charge in [-0.2, -0.15) is 0 Å². The molecule has 0 saturated carbocycles. The van der Waals surface area contributed by atoms with Crippen molar-refractivity contribution in [2.75, 3.05) is 18.6 Å². The monoisotopic (exact) mass is 259 g/mol. The average molecular weight is 259 g/mol. The van der Waals surface area contributed by atoms with Gasteiger partial charge in [-0.15, -0.1) is 11.8 Å². The fraction of sp³-hybridized carbons (Fsp3) is 0.200. The van der Waals surface area contributed by atoms with Crippen LogP contribution in [-0.2, 0) is 6.42 Å². The Bertz CT molecular complexity index is 513. The van der Waals surface area contributed by atoms with Crippen LogP contribution in [0, 0.1) is 0 Å². The minimum Gasteiger partial charge on any atom is -0.497 e. The maximum absolute atomic E-state index is 5.92. The van der Waals surface area contributed by atoms with Crippen molar-refractivity contribution in [3.8, 4) is 5.75 Å². The fourth-order valence-electron chi connectivity index (χ4n) is 1.73. The van der Waals surface area contributed by atoms with Gasteiger partial charge < -0.3 is 10.5 Å². The molecule has 0 saturated heterocycles. The Morgan fingerprint density at radius 2 is 1.94 bits per heavy atom. The molecule has 2 N–H and O–H groups in total. The Morgan fingerprint density at radius 3 is 2.72 bits per heavy atom. The van der Waals surface area contributed by atoms with E-state index >= 15 is 0 Å². The summed E-state index contributed by atoms with van der Waals surface area (Å²) >= 11 is 1.82. The van der Waals surface area contributed by atoms with E-state index in [4.69, 9.17) is 10.5 Å². The lowest BCUT2D eigenvalue weighted by atomic mass is 10.1. The fourth-order valence-corrected chi connectivity index (χ4v) is 2.66. The van der Waals surface area contributed by atoms with Crippen LogP contribution in [0.25, 0.3) is 0 Å². The first-order valence-electron chi connectivity index (χ1n) is 5.90. The van der Waals surface area contributed by atoms with Crippen LogP contribution >= 0.6 is 11.8 Å². The minimum atomic E-state index is 0.878. The number of aryl methyl sites for hydroxylation is 1. The maximum atomic E-state index is 5.92. The third kappa shape index (κ3) is 3.44. The first-order chi connectivity index (χ1) is 8.79. The summed E-state index contributed by atoms with van der Waals surface area (Å²) < 4.78 is 5.21. The molecule has 18 heavy (non-hydrogen) atoms. The predicted octanol–water partition coefficient (Wildman–Crippen LogP) is 3.61. The number of ether oxygens (including phenoxy) is 1. The second kappa shape index (κ2) is 6.36. The van der Waals surface area contributed by atoms with E-state index in [-0.39, 0.29) is 0 Å². The highest BCUT2D eigenvalue weighted by Crippen LogP contribution is 2.24. The standard InChI is InChI=1S/C15H17NOS/c1-17-13-6-4-7-14(11-13)18-10-9-12-5-2-3-8-15(12)16/h2-8,11H,9-10,16H2,1H3. The number of methoxy groups -OCH3 is 1. The van der Waals surface area contributed by atoms with Gasteiger partial charge in [0.25, 0.3) is 0 Å². The third-order valence-corrected chi connectivity index (χ3v) is 3.73. The van der Waals surface area contributed by atoms with Crippen molar-refractivity contribution in [2.45, 2.75) is 11.3 Å². The van der Waals surface area contributed by atoms with E-state index in [0.717, 1.165) is 23.6 Å². The molecule has 0 aliphatic carbocycles. The lowest BCUT2D eigenvalue weighted by molar-refractivity contribution is 0.413. The molecular formula is C15H17NOS. The molecule has 0 amide bonds. The van der Waals surface area contributed by atoms with Gasteiger partial charge in [-0.1, -0.05) is 24.3 Å². The molecule has 2 aromatic rings. The van der Waals surface area contributed by atoms with Crippen LogP contribution in [-0.4, -0.2) is 12.9 Å². The van der Waals surface area contributed by atoms with E-state index in [1.54, 1.807) is 7.11 Å². The minimum absolute atomic E-state index is 0.878. The van der Waals surface area contributed by atoms with E-state index in [1.165, 1.54) is 10.5 Å². The van der Waals surface area contributed by atoms with E-state index in [1.807, 2.05) is 42.1 Å². The zero-order valence-corrected chi connectivity index (χ0v) is 11.2. The first kappa shape index (κ1) is 12.8. The number of rotatable bonds is 5. The third-order valence-electron chi connectivity index (χ3n) is 2.74. The highest BCUT2D eigenvalue weighted by atomic mass is 32.2. The van der Waals surface area contributed by atoms with E-state index in [2.05, 4.69) is 18.2 Å². The van der Waals surface area contributed by atoms with Gasteiger partial charge in [-0.25, -0.2) is 0 Å². The summed E-state index contributed by atoms with van der Waals surface area (Å²) in [6.07, 6.45) is 0.981.